The Labute approximate surface area is 151 Å². The third kappa shape index (κ3) is 3.38. The number of aromatic nitrogens is 4. The number of hydrogen-bond donors (Lipinski definition) is 1. The fourth-order valence-corrected chi connectivity index (χ4v) is 3.95. The number of likely N-dealkylation sites (tertiary alicyclic amines) is 1. The van der Waals surface area contributed by atoms with Crippen LogP contribution in [0.25, 0.3) is 0 Å². The molecule has 8 nitrogen and oxygen atoms in total. The summed E-state index contributed by atoms with van der Waals surface area (Å²) in [5.41, 5.74) is 1.00. The fraction of sp³-hybridized carbons (Fsp3) is 0.333. The van der Waals surface area contributed by atoms with E-state index in [1.165, 1.54) is 11.3 Å². The van der Waals surface area contributed by atoms with Crippen LogP contribution < -0.4 is 5.76 Å². The van der Waals surface area contributed by atoms with E-state index in [2.05, 4.69) is 19.8 Å². The lowest BCUT2D eigenvalue weighted by Crippen LogP contribution is -2.27. The largest absolute Gasteiger partial charge is 0.438 e. The van der Waals surface area contributed by atoms with E-state index < -0.39 is 5.76 Å². The maximum absolute atomic E-state index is 12.7. The van der Waals surface area contributed by atoms with E-state index in [9.17, 15) is 9.59 Å². The Morgan fingerprint density at radius 3 is 3.12 bits per heavy atom. The number of amides is 1. The van der Waals surface area contributed by atoms with E-state index in [0.717, 1.165) is 12.0 Å². The van der Waals surface area contributed by atoms with Crippen LogP contribution in [0.15, 0.2) is 33.2 Å². The third-order valence-electron chi connectivity index (χ3n) is 4.13. The molecule has 0 aromatic carbocycles. The summed E-state index contributed by atoms with van der Waals surface area (Å²) in [6.45, 7) is 1.71. The Morgan fingerprint density at radius 2 is 2.40 bits per heavy atom. The van der Waals surface area contributed by atoms with Crippen molar-refractivity contribution in [3.8, 4) is 0 Å². The third-order valence-corrected chi connectivity index (χ3v) is 5.29. The fourth-order valence-electron chi connectivity index (χ4n) is 2.92. The van der Waals surface area contributed by atoms with Crippen LogP contribution in [0.2, 0.25) is 5.02 Å². The van der Waals surface area contributed by atoms with Gasteiger partial charge < -0.3 is 4.90 Å². The highest BCUT2D eigenvalue weighted by Crippen LogP contribution is 2.27. The molecule has 0 bridgehead atoms. The molecule has 1 aliphatic heterocycles. The zero-order valence-electron chi connectivity index (χ0n) is 13.0. The first-order chi connectivity index (χ1) is 12.1. The highest BCUT2D eigenvalue weighted by molar-refractivity contribution is 7.12. The highest BCUT2D eigenvalue weighted by Gasteiger charge is 2.30. The summed E-state index contributed by atoms with van der Waals surface area (Å²) >= 11 is 7.27. The molecule has 1 unspecified atom stereocenters. The number of halogens is 1. The van der Waals surface area contributed by atoms with Crippen LogP contribution in [0.4, 0.5) is 0 Å². The average Bonchev–Trinajstić information content (AvgIpc) is 3.34. The summed E-state index contributed by atoms with van der Waals surface area (Å²) in [5, 5.41) is 10.4. The van der Waals surface area contributed by atoms with Crippen molar-refractivity contribution >= 4 is 28.8 Å². The maximum atomic E-state index is 12.7. The van der Waals surface area contributed by atoms with Gasteiger partial charge in [-0.15, -0.1) is 11.3 Å². The van der Waals surface area contributed by atoms with Crippen molar-refractivity contribution in [3.05, 3.63) is 55.7 Å². The van der Waals surface area contributed by atoms with Crippen LogP contribution in [0, 0.1) is 0 Å². The molecule has 1 aliphatic rings. The Bertz CT molecular complexity index is 958. The molecule has 10 heteroatoms. The SMILES string of the molecule is O=C(c1cc(Cn2cc(Cl)cn2)cs1)N1CCC(c2noc(=O)[nH]2)C1. The van der Waals surface area contributed by atoms with Gasteiger partial charge in [0.15, 0.2) is 5.82 Å². The number of H-pyrrole nitrogens is 1. The molecule has 130 valence electrons. The molecule has 1 saturated heterocycles. The lowest BCUT2D eigenvalue weighted by Gasteiger charge is -2.14. The number of nitrogens with zero attached hydrogens (tertiary/aromatic N) is 4. The van der Waals surface area contributed by atoms with Crippen LogP contribution in [-0.2, 0) is 6.54 Å². The first-order valence-corrected chi connectivity index (χ1v) is 8.95. The van der Waals surface area contributed by atoms with Gasteiger partial charge in [-0.1, -0.05) is 16.8 Å². The molecule has 25 heavy (non-hydrogen) atoms. The smallest absolute Gasteiger partial charge is 0.337 e. The minimum atomic E-state index is -0.568. The van der Waals surface area contributed by atoms with Gasteiger partial charge in [0, 0.05) is 25.2 Å². The van der Waals surface area contributed by atoms with Crippen molar-refractivity contribution in [2.45, 2.75) is 18.9 Å². The monoisotopic (exact) mass is 379 g/mol. The van der Waals surface area contributed by atoms with Crippen LogP contribution in [-0.4, -0.2) is 43.8 Å². The van der Waals surface area contributed by atoms with Crippen molar-refractivity contribution in [1.82, 2.24) is 24.8 Å². The molecule has 0 radical (unpaired) electrons. The van der Waals surface area contributed by atoms with Gasteiger partial charge in [-0.2, -0.15) is 5.10 Å². The lowest BCUT2D eigenvalue weighted by atomic mass is 10.1. The Kier molecular flexibility index (Phi) is 4.18. The van der Waals surface area contributed by atoms with Gasteiger partial charge in [0.05, 0.1) is 22.6 Å². The Morgan fingerprint density at radius 1 is 1.52 bits per heavy atom. The maximum Gasteiger partial charge on any atom is 0.438 e. The second-order valence-electron chi connectivity index (χ2n) is 5.89. The van der Waals surface area contributed by atoms with Crippen LogP contribution in [0.5, 0.6) is 0 Å². The highest BCUT2D eigenvalue weighted by atomic mass is 35.5. The predicted octanol–water partition coefficient (Wildman–Crippen LogP) is 1.95. The predicted molar refractivity (Wildman–Crippen MR) is 91.0 cm³/mol. The zero-order chi connectivity index (χ0) is 17.4. The molecule has 3 aromatic rings. The first kappa shape index (κ1) is 16.1. The normalized spacial score (nSPS) is 17.3. The van der Waals surface area contributed by atoms with E-state index in [1.54, 1.807) is 22.0 Å². The topological polar surface area (TPSA) is 97.0 Å². The van der Waals surface area contributed by atoms with Crippen molar-refractivity contribution in [2.75, 3.05) is 13.1 Å². The van der Waals surface area contributed by atoms with Gasteiger partial charge in [-0.25, -0.2) is 4.79 Å². The number of thiophene rings is 1. The van der Waals surface area contributed by atoms with Gasteiger partial charge in [0.1, 0.15) is 0 Å². The number of hydrogen-bond acceptors (Lipinski definition) is 6. The van der Waals surface area contributed by atoms with Crippen LogP contribution >= 0.6 is 22.9 Å². The average molecular weight is 380 g/mol. The second-order valence-corrected chi connectivity index (χ2v) is 7.24. The number of rotatable bonds is 4. The molecular weight excluding hydrogens is 366 g/mol. The molecule has 3 aromatic heterocycles. The molecule has 1 fully saturated rings. The van der Waals surface area contributed by atoms with E-state index >= 15 is 0 Å². The summed E-state index contributed by atoms with van der Waals surface area (Å²) in [6.07, 6.45) is 4.07. The summed E-state index contributed by atoms with van der Waals surface area (Å²) < 4.78 is 6.27. The molecule has 1 N–H and O–H groups in total. The molecular formula is C15H14ClN5O3S. The summed E-state index contributed by atoms with van der Waals surface area (Å²) in [7, 11) is 0. The zero-order valence-corrected chi connectivity index (χ0v) is 14.6. The number of nitrogens with one attached hydrogen (secondary N) is 1. The van der Waals surface area contributed by atoms with E-state index in [0.29, 0.717) is 35.4 Å². The summed E-state index contributed by atoms with van der Waals surface area (Å²) in [6, 6.07) is 1.88. The number of carbonyl (C=O) groups is 1. The van der Waals surface area contributed by atoms with Crippen LogP contribution in [0.3, 0.4) is 0 Å². The number of carbonyl (C=O) groups excluding carboxylic acids is 1. The molecule has 4 rings (SSSR count). The first-order valence-electron chi connectivity index (χ1n) is 7.69. The van der Waals surface area contributed by atoms with Crippen molar-refractivity contribution < 1.29 is 9.32 Å². The van der Waals surface area contributed by atoms with Gasteiger partial charge in [0.25, 0.3) is 5.91 Å². The minimum Gasteiger partial charge on any atom is -0.337 e. The van der Waals surface area contributed by atoms with Gasteiger partial charge in [0.2, 0.25) is 0 Å². The number of aromatic amines is 1. The van der Waals surface area contributed by atoms with Crippen molar-refractivity contribution in [1.29, 1.82) is 0 Å². The molecule has 1 atom stereocenters. The standard InChI is InChI=1S/C15H14ClN5O3S/c16-11-4-17-21(7-11)5-9-3-12(25-8-9)14(22)20-2-1-10(6-20)13-18-15(23)24-19-13/h3-4,7-8,10H,1-2,5-6H2,(H,18,19,23). The molecule has 4 heterocycles. The van der Waals surface area contributed by atoms with E-state index in [1.807, 2.05) is 11.4 Å². The Balaban J connectivity index is 1.42. The van der Waals surface area contributed by atoms with Crippen molar-refractivity contribution in [3.63, 3.8) is 0 Å². The lowest BCUT2D eigenvalue weighted by molar-refractivity contribution is 0.0795. The molecule has 0 spiro atoms. The molecule has 0 saturated carbocycles. The van der Waals surface area contributed by atoms with Crippen LogP contribution in [0.1, 0.15) is 33.4 Å². The van der Waals surface area contributed by atoms with Gasteiger partial charge >= 0.3 is 5.76 Å². The van der Waals surface area contributed by atoms with Gasteiger partial charge in [-0.3, -0.25) is 19.0 Å². The summed E-state index contributed by atoms with van der Waals surface area (Å²) in [5.74, 6) is -0.0757. The quantitative estimate of drug-likeness (QED) is 0.747. The molecule has 0 aliphatic carbocycles. The van der Waals surface area contributed by atoms with E-state index in [-0.39, 0.29) is 11.8 Å². The summed E-state index contributed by atoms with van der Waals surface area (Å²) in [4.78, 5) is 28.8. The second kappa shape index (κ2) is 6.49. The Hall–Kier alpha value is -2.39. The van der Waals surface area contributed by atoms with Crippen molar-refractivity contribution in [2.24, 2.45) is 0 Å². The minimum absolute atomic E-state index is 0.000971. The van der Waals surface area contributed by atoms with Gasteiger partial charge in [-0.05, 0) is 23.4 Å². The van der Waals surface area contributed by atoms with E-state index in [4.69, 9.17) is 11.6 Å². The molecule has 1 amide bonds.